The van der Waals surface area contributed by atoms with Crippen LogP contribution in [0.5, 0.6) is 11.5 Å². The van der Waals surface area contributed by atoms with Gasteiger partial charge in [-0.2, -0.15) is 5.10 Å². The quantitative estimate of drug-likeness (QED) is 0.128. The number of carboxylic acid groups (broad SMARTS) is 1. The Labute approximate surface area is 292 Å². The Hall–Kier alpha value is -6.19. The van der Waals surface area contributed by atoms with Crippen LogP contribution in [-0.2, 0) is 22.5 Å². The van der Waals surface area contributed by atoms with E-state index in [4.69, 9.17) is 9.47 Å². The van der Waals surface area contributed by atoms with Crippen molar-refractivity contribution in [3.63, 3.8) is 0 Å². The highest BCUT2D eigenvalue weighted by molar-refractivity contribution is 7.81. The van der Waals surface area contributed by atoms with Gasteiger partial charge in [0, 0.05) is 6.42 Å². The molecule has 3 N–H and O–H groups in total. The van der Waals surface area contributed by atoms with E-state index < -0.39 is 46.4 Å². The van der Waals surface area contributed by atoms with Crippen molar-refractivity contribution < 1.29 is 41.7 Å². The summed E-state index contributed by atoms with van der Waals surface area (Å²) in [6.07, 6.45) is 2.54. The Morgan fingerprint density at radius 2 is 1.55 bits per heavy atom. The van der Waals surface area contributed by atoms with Crippen molar-refractivity contribution in [1.82, 2.24) is 20.1 Å². The van der Waals surface area contributed by atoms with Crippen molar-refractivity contribution in [3.8, 4) is 28.3 Å². The second-order valence-corrected chi connectivity index (χ2v) is 11.9. The van der Waals surface area contributed by atoms with Crippen LogP contribution in [0.3, 0.4) is 0 Å². The van der Waals surface area contributed by atoms with E-state index in [9.17, 15) is 23.5 Å². The minimum atomic E-state index is -2.78. The molecule has 6 aromatic rings. The summed E-state index contributed by atoms with van der Waals surface area (Å²) < 4.78 is 66.7. The number of hydrogen-bond acceptors (Lipinski definition) is 7. The maximum absolute atomic E-state index is 15.5. The van der Waals surface area contributed by atoms with Crippen molar-refractivity contribution in [2.75, 3.05) is 18.5 Å². The monoisotopic (exact) mass is 713 g/mol. The first-order valence-electron chi connectivity index (χ1n) is 15.2. The lowest BCUT2D eigenvalue weighted by Crippen LogP contribution is -2.43. The van der Waals surface area contributed by atoms with Crippen LogP contribution in [0.2, 0.25) is 0 Å². The molecule has 0 radical (unpaired) electrons. The minimum Gasteiger partial charge on any atom is -0.496 e. The zero-order valence-electron chi connectivity index (χ0n) is 27.0. The molecule has 260 valence electrons. The van der Waals surface area contributed by atoms with Gasteiger partial charge < -0.3 is 19.9 Å². The third kappa shape index (κ3) is 6.97. The van der Waals surface area contributed by atoms with E-state index in [-0.39, 0.29) is 17.8 Å². The summed E-state index contributed by atoms with van der Waals surface area (Å²) in [6, 6.07) is 21.9. The second-order valence-electron chi connectivity index (χ2n) is 11.1. The number of nitrogens with one attached hydrogen (secondary N) is 1. The first-order valence-corrected chi connectivity index (χ1v) is 16.3. The van der Waals surface area contributed by atoms with Gasteiger partial charge in [0.15, 0.2) is 0 Å². The number of anilines is 2. The van der Waals surface area contributed by atoms with Gasteiger partial charge in [0.1, 0.15) is 47.4 Å². The minimum absolute atomic E-state index is 0.101. The lowest BCUT2D eigenvalue weighted by atomic mass is 9.91. The Bertz CT molecular complexity index is 2220. The van der Waals surface area contributed by atoms with Gasteiger partial charge in [-0.1, -0.05) is 42.5 Å². The predicted octanol–water partition coefficient (Wildman–Crippen LogP) is 6.08. The number of aliphatic carboxylic acids is 1. The zero-order valence-corrected chi connectivity index (χ0v) is 27.8. The number of methoxy groups -OCH3 is 2. The van der Waals surface area contributed by atoms with E-state index in [2.05, 4.69) is 15.4 Å². The molecule has 0 fully saturated rings. The summed E-state index contributed by atoms with van der Waals surface area (Å²) in [5.41, 5.74) is 1.23. The Kier molecular flexibility index (Phi) is 10.0. The van der Waals surface area contributed by atoms with Crippen LogP contribution < -0.4 is 19.1 Å². The molecule has 1 unspecified atom stereocenters. The Morgan fingerprint density at radius 3 is 2.12 bits per heavy atom. The fraction of sp³-hybridized carbons (Fsp3) is 0.111. The van der Waals surface area contributed by atoms with Gasteiger partial charge >= 0.3 is 5.97 Å². The highest BCUT2D eigenvalue weighted by atomic mass is 32.2. The van der Waals surface area contributed by atoms with Crippen molar-refractivity contribution in [3.05, 3.63) is 126 Å². The molecule has 0 aliphatic rings. The van der Waals surface area contributed by atoms with Crippen molar-refractivity contribution in [2.45, 2.75) is 12.5 Å². The molecule has 1 heterocycles. The van der Waals surface area contributed by atoms with Gasteiger partial charge in [0.25, 0.3) is 17.2 Å². The van der Waals surface area contributed by atoms with Crippen LogP contribution in [0.25, 0.3) is 27.6 Å². The number of fused-ring (bicyclic) bond motifs is 1. The fourth-order valence-electron chi connectivity index (χ4n) is 5.83. The van der Waals surface area contributed by atoms with Crippen LogP contribution in [-0.4, -0.2) is 60.8 Å². The highest BCUT2D eigenvalue weighted by Gasteiger charge is 2.28. The number of nitrogens with zero attached hydrogens (tertiary/aromatic N) is 4. The zero-order chi connectivity index (χ0) is 36.2. The summed E-state index contributed by atoms with van der Waals surface area (Å²) >= 11 is -2.78. The number of rotatable bonds is 12. The van der Waals surface area contributed by atoms with Gasteiger partial charge in [-0.05, 0) is 70.4 Å². The maximum Gasteiger partial charge on any atom is 0.326 e. The first kappa shape index (κ1) is 34.7. The smallest absolute Gasteiger partial charge is 0.326 e. The van der Waals surface area contributed by atoms with E-state index in [1.807, 2.05) is 12.1 Å². The molecule has 0 saturated carbocycles. The summed E-state index contributed by atoms with van der Waals surface area (Å²) in [4.78, 5) is 29.5. The van der Waals surface area contributed by atoms with Crippen LogP contribution in [0.1, 0.15) is 15.9 Å². The van der Waals surface area contributed by atoms with Crippen molar-refractivity contribution >= 4 is 45.3 Å². The van der Waals surface area contributed by atoms with E-state index in [0.29, 0.717) is 45.8 Å². The number of amides is 1. The topological polar surface area (TPSA) is 156 Å². The largest absolute Gasteiger partial charge is 0.496 e. The summed E-state index contributed by atoms with van der Waals surface area (Å²) in [5.74, 6) is -4.38. The van der Waals surface area contributed by atoms with E-state index in [0.717, 1.165) is 15.3 Å². The van der Waals surface area contributed by atoms with Gasteiger partial charge in [-0.25, -0.2) is 31.8 Å². The fourth-order valence-corrected chi connectivity index (χ4v) is 6.42. The molecule has 0 bridgehead atoms. The van der Waals surface area contributed by atoms with Crippen molar-refractivity contribution in [2.24, 2.45) is 0 Å². The van der Waals surface area contributed by atoms with Gasteiger partial charge in [0.2, 0.25) is 0 Å². The van der Waals surface area contributed by atoms with Crippen LogP contribution in [0.15, 0.2) is 104 Å². The number of hydrogen-bond donors (Lipinski definition) is 3. The number of benzene rings is 5. The highest BCUT2D eigenvalue weighted by Crippen LogP contribution is 2.42. The Morgan fingerprint density at radius 1 is 0.902 bits per heavy atom. The molecule has 1 amide bonds. The third-order valence-corrected chi connectivity index (χ3v) is 8.89. The number of carbonyl (C=O) groups is 2. The Balaban J connectivity index is 1.28. The van der Waals surface area contributed by atoms with Gasteiger partial charge in [-0.3, -0.25) is 9.35 Å². The van der Waals surface area contributed by atoms with E-state index >= 15 is 8.78 Å². The standard InChI is InChI=1S/C36H29F2N5O7S/c1-49-31-8-5-9-32(50-2)33(31)27-15-10-21(25-6-3-4-7-26(25)27)16-30(36(45)46)41-35(44)34-28(37)17-24(18-29(34)38)43(51(47)48)23-13-11-22(12-14-23)42-20-39-19-40-42/h3-15,17-20,30H,16H2,1-2H3,(H,41,44)(H,45,46)(H,47,48)/t30-/m0/s1. The number of carbonyl (C=O) groups excluding carboxylic acids is 1. The average molecular weight is 714 g/mol. The molecule has 5 aromatic carbocycles. The van der Waals surface area contributed by atoms with Crippen LogP contribution in [0, 0.1) is 11.6 Å². The third-order valence-electron chi connectivity index (χ3n) is 8.15. The molecule has 51 heavy (non-hydrogen) atoms. The van der Waals surface area contributed by atoms with Gasteiger partial charge in [0.05, 0.1) is 36.8 Å². The molecular formula is C36H29F2N5O7S. The molecule has 2 atom stereocenters. The molecule has 6 rings (SSSR count). The summed E-state index contributed by atoms with van der Waals surface area (Å²) in [5, 5.41) is 17.7. The van der Waals surface area contributed by atoms with E-state index in [1.54, 1.807) is 54.6 Å². The number of ether oxygens (including phenoxy) is 2. The molecular weight excluding hydrogens is 684 g/mol. The molecule has 12 nitrogen and oxygen atoms in total. The summed E-state index contributed by atoms with van der Waals surface area (Å²) in [7, 11) is 3.08. The molecule has 0 saturated heterocycles. The lowest BCUT2D eigenvalue weighted by molar-refractivity contribution is -0.139. The van der Waals surface area contributed by atoms with Crippen LogP contribution >= 0.6 is 0 Å². The van der Waals surface area contributed by atoms with Crippen molar-refractivity contribution in [1.29, 1.82) is 0 Å². The molecule has 0 aliphatic carbocycles. The molecule has 1 aromatic heterocycles. The lowest BCUT2D eigenvalue weighted by Gasteiger charge is -2.22. The number of aromatic nitrogens is 3. The first-order chi connectivity index (χ1) is 24.6. The normalized spacial score (nSPS) is 12.3. The second kappa shape index (κ2) is 14.7. The molecule has 15 heteroatoms. The predicted molar refractivity (Wildman–Crippen MR) is 186 cm³/mol. The summed E-state index contributed by atoms with van der Waals surface area (Å²) in [6.45, 7) is 0. The average Bonchev–Trinajstić information content (AvgIpc) is 3.66. The molecule has 0 aliphatic heterocycles. The molecule has 0 spiro atoms. The SMILES string of the molecule is COc1cccc(OC)c1-c1ccc(C[C@H](NC(=O)c2c(F)cc(N(c3ccc(-n4cncn4)cc3)S(=O)O)cc2F)C(=O)O)c2ccccc12. The number of halogens is 2. The van der Waals surface area contributed by atoms with Gasteiger partial charge in [-0.15, -0.1) is 0 Å². The van der Waals surface area contributed by atoms with E-state index in [1.165, 1.54) is 43.7 Å². The van der Waals surface area contributed by atoms with Crippen LogP contribution in [0.4, 0.5) is 20.2 Å². The number of carboxylic acids is 1. The maximum atomic E-state index is 15.5.